The number of aliphatic carboxylic acids is 1. The van der Waals surface area contributed by atoms with E-state index in [1.807, 2.05) is 45.0 Å². The third-order valence-corrected chi connectivity index (χ3v) is 5.64. The number of halogens is 1. The number of carboxylic acid groups (broad SMARTS) is 1. The Bertz CT molecular complexity index is 1030. The Kier molecular flexibility index (Phi) is 10.4. The van der Waals surface area contributed by atoms with Crippen LogP contribution in [0.2, 0.25) is 0 Å². The van der Waals surface area contributed by atoms with Gasteiger partial charge in [0.15, 0.2) is 0 Å². The predicted molar refractivity (Wildman–Crippen MR) is 135 cm³/mol. The summed E-state index contributed by atoms with van der Waals surface area (Å²) in [6.07, 6.45) is 2.78. The Morgan fingerprint density at radius 3 is 2.29 bits per heavy atom. The Balaban J connectivity index is 0.00000199. The molecule has 3 rings (SSSR count). The van der Waals surface area contributed by atoms with Crippen molar-refractivity contribution in [2.45, 2.75) is 58.7 Å². The summed E-state index contributed by atoms with van der Waals surface area (Å²) in [6.45, 7) is 10.3. The molecule has 0 saturated heterocycles. The molecule has 2 atom stereocenters. The number of hydrogen-bond donors (Lipinski definition) is 3. The van der Waals surface area contributed by atoms with Crippen LogP contribution in [0.4, 0.5) is 4.39 Å². The molecule has 0 bridgehead atoms. The van der Waals surface area contributed by atoms with E-state index in [2.05, 4.69) is 6.58 Å². The molecule has 1 aliphatic carbocycles. The number of aliphatic hydroxyl groups excluding tert-OH is 2. The van der Waals surface area contributed by atoms with E-state index < -0.39 is 24.6 Å². The molecule has 0 amide bonds. The van der Waals surface area contributed by atoms with Crippen LogP contribution in [-0.2, 0) is 4.79 Å². The number of carboxylic acids is 1. The minimum atomic E-state index is -1.14. The van der Waals surface area contributed by atoms with Crippen LogP contribution in [0.15, 0.2) is 78.4 Å². The van der Waals surface area contributed by atoms with Crippen molar-refractivity contribution in [3.63, 3.8) is 0 Å². The van der Waals surface area contributed by atoms with Crippen LogP contribution in [0.5, 0.6) is 0 Å². The molecule has 0 unspecified atom stereocenters. The molecule has 5 heteroatoms. The Hall–Kier alpha value is -3.02. The molecular weight excluding hydrogens is 431 g/mol. The number of aliphatic hydroxyl groups is 2. The molecule has 1 fully saturated rings. The van der Waals surface area contributed by atoms with Gasteiger partial charge in [0.1, 0.15) is 5.82 Å². The first-order valence-corrected chi connectivity index (χ1v) is 11.8. The number of aryl methyl sites for hydroxylation is 1. The standard InChI is InChI=1S/C27H29FO4.C2H6/c1-17-5-3-4-6-24(17)27(20-9-11-21(28)12-10-20)25(18(2)19-7-8-19)14-13-22(29)15-23(30)16-26(31)32;1-2/h3-6,9-14,19,22-23,29-30H,2,7-8,15-16H2,1H3,(H,31,32);1-2H3/b14-13+,27-25-;/t22-,23-;/m1./s1. The van der Waals surface area contributed by atoms with Crippen molar-refractivity contribution in [1.29, 1.82) is 0 Å². The lowest BCUT2D eigenvalue weighted by molar-refractivity contribution is -0.139. The molecule has 2 aromatic rings. The van der Waals surface area contributed by atoms with Crippen molar-refractivity contribution in [2.75, 3.05) is 0 Å². The number of hydrogen-bond acceptors (Lipinski definition) is 3. The van der Waals surface area contributed by atoms with E-state index >= 15 is 0 Å². The number of benzene rings is 2. The van der Waals surface area contributed by atoms with Gasteiger partial charge in [-0.25, -0.2) is 4.39 Å². The SMILES string of the molecule is C=C(C(/C=C/[C@@H](O)C[C@@H](O)CC(=O)O)=C(/c1ccc(F)cc1)c1ccccc1C)C1CC1.CC. The van der Waals surface area contributed by atoms with E-state index in [0.29, 0.717) is 5.92 Å². The molecule has 0 aliphatic heterocycles. The van der Waals surface area contributed by atoms with Gasteiger partial charge >= 0.3 is 5.97 Å². The summed E-state index contributed by atoms with van der Waals surface area (Å²) in [5, 5.41) is 29.1. The summed E-state index contributed by atoms with van der Waals surface area (Å²) in [7, 11) is 0. The van der Waals surface area contributed by atoms with Crippen LogP contribution in [-0.4, -0.2) is 33.5 Å². The fourth-order valence-electron chi connectivity index (χ4n) is 3.78. The quantitative estimate of drug-likeness (QED) is 0.371. The normalized spacial score (nSPS) is 15.7. The van der Waals surface area contributed by atoms with Crippen LogP contribution in [0, 0.1) is 18.7 Å². The van der Waals surface area contributed by atoms with Gasteiger partial charge in [-0.05, 0) is 71.2 Å². The van der Waals surface area contributed by atoms with E-state index in [4.69, 9.17) is 5.11 Å². The van der Waals surface area contributed by atoms with Gasteiger partial charge in [-0.2, -0.15) is 0 Å². The van der Waals surface area contributed by atoms with E-state index in [-0.39, 0.29) is 12.2 Å². The first-order chi connectivity index (χ1) is 16.3. The van der Waals surface area contributed by atoms with Crippen molar-refractivity contribution in [3.8, 4) is 0 Å². The third-order valence-electron chi connectivity index (χ3n) is 5.64. The summed E-state index contributed by atoms with van der Waals surface area (Å²) in [5.74, 6) is -1.09. The highest BCUT2D eigenvalue weighted by molar-refractivity contribution is 5.87. The van der Waals surface area contributed by atoms with Gasteiger partial charge in [0.05, 0.1) is 18.6 Å². The number of rotatable bonds is 10. The van der Waals surface area contributed by atoms with Crippen LogP contribution < -0.4 is 0 Å². The summed E-state index contributed by atoms with van der Waals surface area (Å²) in [5.41, 5.74) is 5.57. The van der Waals surface area contributed by atoms with Gasteiger partial charge in [0.2, 0.25) is 0 Å². The fourth-order valence-corrected chi connectivity index (χ4v) is 3.78. The maximum absolute atomic E-state index is 13.6. The Morgan fingerprint density at radius 2 is 1.74 bits per heavy atom. The zero-order valence-corrected chi connectivity index (χ0v) is 20.2. The zero-order chi connectivity index (χ0) is 25.3. The molecule has 3 N–H and O–H groups in total. The second-order valence-corrected chi connectivity index (χ2v) is 8.32. The van der Waals surface area contributed by atoms with Crippen molar-refractivity contribution >= 4 is 11.5 Å². The number of carbonyl (C=O) groups is 1. The van der Waals surface area contributed by atoms with Crippen LogP contribution in [0.3, 0.4) is 0 Å². The van der Waals surface area contributed by atoms with Gasteiger partial charge in [-0.1, -0.05) is 69.0 Å². The molecule has 0 radical (unpaired) electrons. The lowest BCUT2D eigenvalue weighted by atomic mass is 9.86. The average molecular weight is 467 g/mol. The van der Waals surface area contributed by atoms with Gasteiger partial charge in [0, 0.05) is 6.42 Å². The summed E-state index contributed by atoms with van der Waals surface area (Å²) >= 11 is 0. The van der Waals surface area contributed by atoms with E-state index in [1.165, 1.54) is 12.1 Å². The topological polar surface area (TPSA) is 77.8 Å². The lowest BCUT2D eigenvalue weighted by Gasteiger charge is -2.19. The van der Waals surface area contributed by atoms with Crippen LogP contribution >= 0.6 is 0 Å². The van der Waals surface area contributed by atoms with Gasteiger partial charge in [-0.3, -0.25) is 4.79 Å². The minimum absolute atomic E-state index is 0.0811. The van der Waals surface area contributed by atoms with Crippen LogP contribution in [0.1, 0.15) is 56.2 Å². The molecule has 0 spiro atoms. The molecule has 1 saturated carbocycles. The van der Waals surface area contributed by atoms with Gasteiger partial charge in [-0.15, -0.1) is 0 Å². The summed E-state index contributed by atoms with van der Waals surface area (Å²) in [4.78, 5) is 10.8. The first-order valence-electron chi connectivity index (χ1n) is 11.8. The van der Waals surface area contributed by atoms with Crippen molar-refractivity contribution in [1.82, 2.24) is 0 Å². The third kappa shape index (κ3) is 7.79. The smallest absolute Gasteiger partial charge is 0.305 e. The summed E-state index contributed by atoms with van der Waals surface area (Å²) in [6, 6.07) is 14.2. The number of allylic oxidation sites excluding steroid dienone is 3. The molecule has 182 valence electrons. The molecule has 0 aromatic heterocycles. The van der Waals surface area contributed by atoms with E-state index in [0.717, 1.165) is 46.3 Å². The molecule has 2 aromatic carbocycles. The summed E-state index contributed by atoms with van der Waals surface area (Å²) < 4.78 is 13.6. The highest BCUT2D eigenvalue weighted by atomic mass is 19.1. The Labute approximate surface area is 201 Å². The first kappa shape index (κ1) is 27.2. The maximum Gasteiger partial charge on any atom is 0.305 e. The second-order valence-electron chi connectivity index (χ2n) is 8.32. The monoisotopic (exact) mass is 466 g/mol. The van der Waals surface area contributed by atoms with Gasteiger partial charge in [0.25, 0.3) is 0 Å². The lowest BCUT2D eigenvalue weighted by Crippen LogP contribution is -2.19. The average Bonchev–Trinajstić information content (AvgIpc) is 3.64. The van der Waals surface area contributed by atoms with E-state index in [9.17, 15) is 19.4 Å². The molecule has 34 heavy (non-hydrogen) atoms. The maximum atomic E-state index is 13.6. The molecular formula is C29H35FO4. The van der Waals surface area contributed by atoms with Crippen LogP contribution in [0.25, 0.3) is 5.57 Å². The van der Waals surface area contributed by atoms with Crippen molar-refractivity contribution < 1.29 is 24.5 Å². The molecule has 4 nitrogen and oxygen atoms in total. The second kappa shape index (κ2) is 13.0. The highest BCUT2D eigenvalue weighted by Crippen LogP contribution is 2.43. The highest BCUT2D eigenvalue weighted by Gasteiger charge is 2.28. The Morgan fingerprint density at radius 1 is 1.12 bits per heavy atom. The van der Waals surface area contributed by atoms with E-state index in [1.54, 1.807) is 24.3 Å². The van der Waals surface area contributed by atoms with Gasteiger partial charge < -0.3 is 15.3 Å². The zero-order valence-electron chi connectivity index (χ0n) is 20.2. The predicted octanol–water partition coefficient (Wildman–Crippen LogP) is 6.07. The largest absolute Gasteiger partial charge is 0.481 e. The molecule has 1 aliphatic rings. The van der Waals surface area contributed by atoms with Crippen molar-refractivity contribution in [2.24, 2.45) is 5.92 Å². The van der Waals surface area contributed by atoms with Crippen molar-refractivity contribution in [3.05, 3.63) is 101 Å². The fraction of sp³-hybridized carbons (Fsp3) is 0.345. The minimum Gasteiger partial charge on any atom is -0.481 e. The molecule has 0 heterocycles.